The number of furan rings is 1. The fourth-order valence-corrected chi connectivity index (χ4v) is 3.85. The number of aromatic nitrogens is 3. The van der Waals surface area contributed by atoms with Gasteiger partial charge in [0.15, 0.2) is 16.8 Å². The standard InChI is InChI=1S/C21H16ClN3O2S/c22-18-11-5-4-10-17(18)19(26)14-28-21-24-23-20(15-7-2-1-3-8-15)25(21)13-16-9-6-12-27-16/h1-12H,13-14H2. The highest BCUT2D eigenvalue weighted by atomic mass is 35.5. The predicted octanol–water partition coefficient (Wildman–Crippen LogP) is 5.21. The van der Waals surface area contributed by atoms with Crippen LogP contribution in [0.3, 0.4) is 0 Å². The van der Waals surface area contributed by atoms with Gasteiger partial charge in [-0.3, -0.25) is 9.36 Å². The molecular weight excluding hydrogens is 394 g/mol. The summed E-state index contributed by atoms with van der Waals surface area (Å²) in [6.45, 7) is 0.479. The van der Waals surface area contributed by atoms with Gasteiger partial charge in [0.05, 0.1) is 23.6 Å². The summed E-state index contributed by atoms with van der Waals surface area (Å²) in [6.07, 6.45) is 1.63. The molecule has 0 spiro atoms. The van der Waals surface area contributed by atoms with Gasteiger partial charge in [-0.15, -0.1) is 10.2 Å². The van der Waals surface area contributed by atoms with Crippen LogP contribution in [0.5, 0.6) is 0 Å². The van der Waals surface area contributed by atoms with Crippen molar-refractivity contribution in [1.82, 2.24) is 14.8 Å². The second-order valence-electron chi connectivity index (χ2n) is 6.03. The third-order valence-electron chi connectivity index (χ3n) is 4.15. The smallest absolute Gasteiger partial charge is 0.192 e. The summed E-state index contributed by atoms with van der Waals surface area (Å²) in [6, 6.07) is 20.6. The van der Waals surface area contributed by atoms with E-state index in [1.54, 1.807) is 30.5 Å². The van der Waals surface area contributed by atoms with E-state index >= 15 is 0 Å². The Kier molecular flexibility index (Phi) is 5.60. The van der Waals surface area contributed by atoms with Gasteiger partial charge >= 0.3 is 0 Å². The molecule has 0 atom stereocenters. The van der Waals surface area contributed by atoms with E-state index in [1.807, 2.05) is 47.0 Å². The van der Waals surface area contributed by atoms with Crippen LogP contribution >= 0.6 is 23.4 Å². The molecule has 0 fully saturated rings. The molecule has 0 N–H and O–H groups in total. The Hall–Kier alpha value is -2.83. The molecule has 0 amide bonds. The summed E-state index contributed by atoms with van der Waals surface area (Å²) in [5, 5.41) is 9.76. The minimum absolute atomic E-state index is 0.0515. The first kappa shape index (κ1) is 18.5. The van der Waals surface area contributed by atoms with Gasteiger partial charge in [-0.1, -0.05) is 65.8 Å². The first-order chi connectivity index (χ1) is 13.7. The van der Waals surface area contributed by atoms with Crippen LogP contribution in [0.15, 0.2) is 82.6 Å². The van der Waals surface area contributed by atoms with E-state index in [9.17, 15) is 4.79 Å². The Morgan fingerprint density at radius 2 is 1.79 bits per heavy atom. The SMILES string of the molecule is O=C(CSc1nnc(-c2ccccc2)n1Cc1ccco1)c1ccccc1Cl. The fourth-order valence-electron chi connectivity index (χ4n) is 2.79. The Labute approximate surface area is 171 Å². The van der Waals surface area contributed by atoms with Crippen molar-refractivity contribution in [2.24, 2.45) is 0 Å². The number of hydrogen-bond donors (Lipinski definition) is 0. The van der Waals surface area contributed by atoms with Gasteiger partial charge in [-0.2, -0.15) is 0 Å². The molecular formula is C21H16ClN3O2S. The maximum absolute atomic E-state index is 12.6. The van der Waals surface area contributed by atoms with E-state index in [2.05, 4.69) is 10.2 Å². The molecule has 2 aromatic heterocycles. The van der Waals surface area contributed by atoms with Gasteiger partial charge in [-0.05, 0) is 24.3 Å². The molecule has 0 aliphatic heterocycles. The molecule has 0 radical (unpaired) electrons. The van der Waals surface area contributed by atoms with Gasteiger partial charge < -0.3 is 4.42 Å². The molecule has 4 rings (SSSR count). The first-order valence-corrected chi connectivity index (χ1v) is 10.0. The molecule has 7 heteroatoms. The van der Waals surface area contributed by atoms with E-state index in [0.717, 1.165) is 17.1 Å². The highest BCUT2D eigenvalue weighted by Crippen LogP contribution is 2.26. The van der Waals surface area contributed by atoms with Gasteiger partial charge in [0.2, 0.25) is 0 Å². The lowest BCUT2D eigenvalue weighted by Crippen LogP contribution is -2.07. The van der Waals surface area contributed by atoms with Gasteiger partial charge in [0.1, 0.15) is 5.76 Å². The third kappa shape index (κ3) is 4.03. The zero-order valence-electron chi connectivity index (χ0n) is 14.8. The highest BCUT2D eigenvalue weighted by molar-refractivity contribution is 7.99. The van der Waals surface area contributed by atoms with E-state index in [-0.39, 0.29) is 11.5 Å². The molecule has 140 valence electrons. The monoisotopic (exact) mass is 409 g/mol. The molecule has 0 unspecified atom stereocenters. The summed E-state index contributed by atoms with van der Waals surface area (Å²) < 4.78 is 7.45. The van der Waals surface area contributed by atoms with Crippen LogP contribution in [0.1, 0.15) is 16.1 Å². The summed E-state index contributed by atoms with van der Waals surface area (Å²) in [7, 11) is 0. The Balaban J connectivity index is 1.60. The predicted molar refractivity (Wildman–Crippen MR) is 110 cm³/mol. The average molecular weight is 410 g/mol. The molecule has 0 saturated carbocycles. The zero-order valence-corrected chi connectivity index (χ0v) is 16.4. The van der Waals surface area contributed by atoms with Crippen molar-refractivity contribution in [3.8, 4) is 11.4 Å². The van der Waals surface area contributed by atoms with E-state index < -0.39 is 0 Å². The number of thioether (sulfide) groups is 1. The normalized spacial score (nSPS) is 10.9. The first-order valence-electron chi connectivity index (χ1n) is 8.64. The van der Waals surface area contributed by atoms with Crippen molar-refractivity contribution >= 4 is 29.1 Å². The van der Waals surface area contributed by atoms with Crippen molar-refractivity contribution in [3.05, 3.63) is 89.3 Å². The Bertz CT molecular complexity index is 1080. The number of ketones is 1. The van der Waals surface area contributed by atoms with E-state index in [1.165, 1.54) is 11.8 Å². The lowest BCUT2D eigenvalue weighted by molar-refractivity contribution is 0.102. The minimum atomic E-state index is -0.0515. The van der Waals surface area contributed by atoms with E-state index in [4.69, 9.17) is 16.0 Å². The summed E-state index contributed by atoms with van der Waals surface area (Å²) in [4.78, 5) is 12.6. The number of rotatable bonds is 7. The highest BCUT2D eigenvalue weighted by Gasteiger charge is 2.18. The molecule has 4 aromatic rings. The molecule has 0 saturated heterocycles. The van der Waals surface area contributed by atoms with Crippen LogP contribution in [0, 0.1) is 0 Å². The molecule has 0 aliphatic rings. The molecule has 2 aromatic carbocycles. The minimum Gasteiger partial charge on any atom is -0.467 e. The van der Waals surface area contributed by atoms with E-state index in [0.29, 0.717) is 22.3 Å². The molecule has 0 aliphatic carbocycles. The molecule has 28 heavy (non-hydrogen) atoms. The van der Waals surface area contributed by atoms with Crippen LogP contribution in [-0.4, -0.2) is 26.3 Å². The fraction of sp³-hybridized carbons (Fsp3) is 0.0952. The lowest BCUT2D eigenvalue weighted by Gasteiger charge is -2.09. The summed E-state index contributed by atoms with van der Waals surface area (Å²) >= 11 is 7.47. The molecule has 0 bridgehead atoms. The number of nitrogens with zero attached hydrogens (tertiary/aromatic N) is 3. The van der Waals surface area contributed by atoms with Crippen molar-refractivity contribution in [2.45, 2.75) is 11.7 Å². The Morgan fingerprint density at radius 1 is 1.00 bits per heavy atom. The van der Waals surface area contributed by atoms with Crippen LogP contribution in [0.4, 0.5) is 0 Å². The lowest BCUT2D eigenvalue weighted by atomic mass is 10.1. The van der Waals surface area contributed by atoms with Crippen molar-refractivity contribution in [1.29, 1.82) is 0 Å². The quantitative estimate of drug-likeness (QED) is 0.309. The Morgan fingerprint density at radius 3 is 2.54 bits per heavy atom. The number of hydrogen-bond acceptors (Lipinski definition) is 5. The molecule has 5 nitrogen and oxygen atoms in total. The van der Waals surface area contributed by atoms with Crippen molar-refractivity contribution in [2.75, 3.05) is 5.75 Å². The second kappa shape index (κ2) is 8.46. The maximum atomic E-state index is 12.6. The van der Waals surface area contributed by atoms with Gasteiger partial charge in [-0.25, -0.2) is 0 Å². The topological polar surface area (TPSA) is 60.9 Å². The number of halogens is 1. The number of Topliss-reactive ketones (excluding diaryl/α,β-unsaturated/α-hetero) is 1. The number of carbonyl (C=O) groups is 1. The summed E-state index contributed by atoms with van der Waals surface area (Å²) in [5.41, 5.74) is 1.46. The van der Waals surface area contributed by atoms with Crippen LogP contribution in [0.2, 0.25) is 5.02 Å². The van der Waals surface area contributed by atoms with Crippen molar-refractivity contribution in [3.63, 3.8) is 0 Å². The van der Waals surface area contributed by atoms with Crippen LogP contribution < -0.4 is 0 Å². The number of benzene rings is 2. The van der Waals surface area contributed by atoms with Gasteiger partial charge in [0.25, 0.3) is 0 Å². The second-order valence-corrected chi connectivity index (χ2v) is 7.38. The maximum Gasteiger partial charge on any atom is 0.192 e. The summed E-state index contributed by atoms with van der Waals surface area (Å²) in [5.74, 6) is 1.68. The zero-order chi connectivity index (χ0) is 19.3. The van der Waals surface area contributed by atoms with Crippen LogP contribution in [-0.2, 0) is 6.54 Å². The van der Waals surface area contributed by atoms with Crippen molar-refractivity contribution < 1.29 is 9.21 Å². The third-order valence-corrected chi connectivity index (χ3v) is 5.45. The largest absolute Gasteiger partial charge is 0.467 e. The number of carbonyl (C=O) groups excluding carboxylic acids is 1. The van der Waals surface area contributed by atoms with Gasteiger partial charge in [0, 0.05) is 11.1 Å². The van der Waals surface area contributed by atoms with Crippen LogP contribution in [0.25, 0.3) is 11.4 Å². The molecule has 2 heterocycles. The average Bonchev–Trinajstić information content (AvgIpc) is 3.38.